The van der Waals surface area contributed by atoms with E-state index < -0.39 is 14.2 Å². The minimum Gasteiger partial charge on any atom is -0.423 e. The Morgan fingerprint density at radius 1 is 0.491 bits per heavy atom. The van der Waals surface area contributed by atoms with E-state index >= 15 is 0 Å². The molecule has 278 valence electrons. The Bertz CT molecular complexity index is 2190. The first kappa shape index (κ1) is 38.3. The molecule has 7 rings (SSSR count). The molecule has 7 aromatic rings. The summed E-state index contributed by atoms with van der Waals surface area (Å²) in [6, 6.07) is 49.7. The summed E-state index contributed by atoms with van der Waals surface area (Å²) in [6.07, 6.45) is 0. The second-order valence-corrected chi connectivity index (χ2v) is 14.6. The fourth-order valence-electron chi connectivity index (χ4n) is 8.05. The zero-order chi connectivity index (χ0) is 38.5. The summed E-state index contributed by atoms with van der Waals surface area (Å²) < 4.78 is 2.38. The molecule has 0 saturated heterocycles. The van der Waals surface area contributed by atoms with Crippen LogP contribution in [-0.2, 0) is 32.7 Å². The fourth-order valence-corrected chi connectivity index (χ4v) is 8.05. The summed E-state index contributed by atoms with van der Waals surface area (Å²) in [5.41, 5.74) is 9.95. The monoisotopic (exact) mass is 729 g/mol. The molecule has 0 bridgehead atoms. The van der Waals surface area contributed by atoms with Crippen molar-refractivity contribution in [3.63, 3.8) is 0 Å². The van der Waals surface area contributed by atoms with Crippen LogP contribution in [0.1, 0.15) is 66.2 Å². The van der Waals surface area contributed by atoms with Gasteiger partial charge in [-0.3, -0.25) is 9.80 Å². The summed E-state index contributed by atoms with van der Waals surface area (Å²) in [7, 11) is -3.09. The fraction of sp³-hybridized carbons (Fsp3) is 0.217. The van der Waals surface area contributed by atoms with Crippen molar-refractivity contribution in [3.05, 3.63) is 179 Å². The normalized spacial score (nSPS) is 12.8. The van der Waals surface area contributed by atoms with E-state index in [1.54, 1.807) is 12.1 Å². The summed E-state index contributed by atoms with van der Waals surface area (Å²) in [6.45, 7) is 9.88. The molecular weight excluding hydrogens is 680 g/mol. The van der Waals surface area contributed by atoms with Crippen molar-refractivity contribution in [1.29, 1.82) is 0 Å². The van der Waals surface area contributed by atoms with Crippen LogP contribution >= 0.6 is 0 Å². The summed E-state index contributed by atoms with van der Waals surface area (Å²) >= 11 is 0. The molecule has 0 unspecified atom stereocenters. The van der Waals surface area contributed by atoms with Gasteiger partial charge in [0.05, 0.1) is 0 Å². The molecule has 55 heavy (non-hydrogen) atoms. The third-order valence-corrected chi connectivity index (χ3v) is 11.2. The quantitative estimate of drug-likeness (QED) is 0.0879. The van der Waals surface area contributed by atoms with E-state index in [9.17, 15) is 20.1 Å². The zero-order valence-electron chi connectivity index (χ0n) is 31.8. The molecule has 0 aliphatic carbocycles. The smallest absolute Gasteiger partial charge is 0.423 e. The van der Waals surface area contributed by atoms with Gasteiger partial charge in [0.2, 0.25) is 0 Å². The van der Waals surface area contributed by atoms with Crippen molar-refractivity contribution in [2.45, 2.75) is 65.6 Å². The number of hydrogen-bond acceptors (Lipinski definition) is 6. The van der Waals surface area contributed by atoms with E-state index in [1.807, 2.05) is 48.5 Å². The van der Waals surface area contributed by atoms with Gasteiger partial charge >= 0.3 is 14.2 Å². The largest absolute Gasteiger partial charge is 0.488 e. The van der Waals surface area contributed by atoms with Crippen molar-refractivity contribution in [2.75, 3.05) is 0 Å². The van der Waals surface area contributed by atoms with Gasteiger partial charge in [-0.25, -0.2) is 0 Å². The van der Waals surface area contributed by atoms with Crippen LogP contribution in [0.3, 0.4) is 0 Å². The van der Waals surface area contributed by atoms with Crippen molar-refractivity contribution in [3.8, 4) is 0 Å². The van der Waals surface area contributed by atoms with Crippen LogP contribution in [-0.4, -0.2) is 48.7 Å². The highest BCUT2D eigenvalue weighted by atomic mass is 16.4. The highest BCUT2D eigenvalue weighted by Gasteiger charge is 2.24. The maximum absolute atomic E-state index is 10.2. The maximum Gasteiger partial charge on any atom is 0.488 e. The molecule has 0 aliphatic heterocycles. The number of benzene rings is 6. The Morgan fingerprint density at radius 3 is 1.25 bits per heavy atom. The molecule has 2 atom stereocenters. The van der Waals surface area contributed by atoms with Crippen molar-refractivity contribution in [1.82, 2.24) is 14.4 Å². The first-order valence-corrected chi connectivity index (χ1v) is 19.2. The van der Waals surface area contributed by atoms with Crippen molar-refractivity contribution >= 4 is 47.0 Å². The van der Waals surface area contributed by atoms with Gasteiger partial charge in [-0.05, 0) is 89.3 Å². The minimum atomic E-state index is -1.54. The Balaban J connectivity index is 1.26. The highest BCUT2D eigenvalue weighted by Crippen LogP contribution is 2.34. The van der Waals surface area contributed by atoms with Crippen LogP contribution in [0.2, 0.25) is 0 Å². The average molecular weight is 730 g/mol. The molecule has 1 heterocycles. The Morgan fingerprint density at radius 2 is 0.873 bits per heavy atom. The van der Waals surface area contributed by atoms with Crippen molar-refractivity contribution in [2.24, 2.45) is 0 Å². The van der Waals surface area contributed by atoms with Crippen LogP contribution in [0.4, 0.5) is 0 Å². The van der Waals surface area contributed by atoms with Gasteiger partial charge in [0.1, 0.15) is 0 Å². The molecule has 0 saturated carbocycles. The molecule has 0 aliphatic rings. The molecule has 4 N–H and O–H groups in total. The highest BCUT2D eigenvalue weighted by molar-refractivity contribution is 6.59. The van der Waals surface area contributed by atoms with Crippen LogP contribution in [0.5, 0.6) is 0 Å². The first-order chi connectivity index (χ1) is 26.7. The first-order valence-electron chi connectivity index (χ1n) is 19.2. The van der Waals surface area contributed by atoms with Gasteiger partial charge in [0.25, 0.3) is 0 Å². The lowest BCUT2D eigenvalue weighted by atomic mass is 9.77. The van der Waals surface area contributed by atoms with E-state index in [4.69, 9.17) is 0 Å². The number of hydrogen-bond donors (Lipinski definition) is 4. The average Bonchev–Trinajstić information content (AvgIpc) is 3.52. The molecule has 0 spiro atoms. The van der Waals surface area contributed by atoms with Gasteiger partial charge in [-0.15, -0.1) is 0 Å². The topological polar surface area (TPSA) is 92.3 Å². The minimum absolute atomic E-state index is 0.0686. The van der Waals surface area contributed by atoms with Gasteiger partial charge in [0.15, 0.2) is 0 Å². The number of fused-ring (bicyclic) bond motifs is 3. The van der Waals surface area contributed by atoms with E-state index in [0.717, 1.165) is 17.7 Å². The van der Waals surface area contributed by atoms with Crippen LogP contribution < -0.4 is 10.9 Å². The molecule has 1 aromatic heterocycles. The van der Waals surface area contributed by atoms with E-state index in [-0.39, 0.29) is 12.1 Å². The molecule has 6 aromatic carbocycles. The van der Waals surface area contributed by atoms with Gasteiger partial charge in [0, 0.05) is 66.6 Å². The number of nitrogens with zero attached hydrogens (tertiary/aromatic N) is 3. The van der Waals surface area contributed by atoms with Crippen LogP contribution in [0, 0.1) is 0 Å². The van der Waals surface area contributed by atoms with Gasteiger partial charge in [-0.1, -0.05) is 121 Å². The van der Waals surface area contributed by atoms with Crippen molar-refractivity contribution < 1.29 is 20.1 Å². The lowest BCUT2D eigenvalue weighted by Crippen LogP contribution is -2.36. The predicted octanol–water partition coefficient (Wildman–Crippen LogP) is 6.70. The van der Waals surface area contributed by atoms with Gasteiger partial charge in [-0.2, -0.15) is 0 Å². The number of aryl methyl sites for hydroxylation is 1. The molecule has 0 amide bonds. The lowest BCUT2D eigenvalue weighted by Gasteiger charge is -2.31. The summed E-state index contributed by atoms with van der Waals surface area (Å²) in [4.78, 5) is 4.79. The SMILES string of the molecule is CCn1c2ccc(CN(Cc3ccccc3B(O)O)[C@@H](C)c3ccccc3)cc2c2cc(CN(Cc3ccccc3B(O)O)[C@@H](C)c3ccccc3)ccc21. The predicted molar refractivity (Wildman–Crippen MR) is 226 cm³/mol. The summed E-state index contributed by atoms with van der Waals surface area (Å²) in [5.74, 6) is 0. The van der Waals surface area contributed by atoms with E-state index in [0.29, 0.717) is 37.1 Å². The second kappa shape index (κ2) is 17.2. The van der Waals surface area contributed by atoms with Crippen LogP contribution in [0.15, 0.2) is 146 Å². The zero-order valence-corrected chi connectivity index (χ0v) is 31.8. The number of aromatic nitrogens is 1. The van der Waals surface area contributed by atoms with E-state index in [1.165, 1.54) is 44.1 Å². The Hall–Kier alpha value is -4.99. The van der Waals surface area contributed by atoms with E-state index in [2.05, 4.69) is 120 Å². The second-order valence-electron chi connectivity index (χ2n) is 14.6. The summed E-state index contributed by atoms with van der Waals surface area (Å²) in [5, 5.41) is 43.2. The molecule has 9 heteroatoms. The lowest BCUT2D eigenvalue weighted by molar-refractivity contribution is 0.192. The standard InChI is InChI=1S/C46H49B2N3O4/c1-4-51-45-25-23-35(29-49(33(2)37-15-7-5-8-16-37)31-39-19-11-13-21-43(39)47(52)53)27-41(45)42-28-36(24-26-46(42)51)30-50(34(3)38-17-9-6-10-18-38)32-40-20-12-14-22-44(40)48(54)55/h5-28,33-34,52-55H,4,29-32H2,1-3H3/t33-,34-/m0/s1. The molecule has 0 radical (unpaired) electrons. The molecular formula is C46H49B2N3O4. The number of rotatable bonds is 15. The molecule has 7 nitrogen and oxygen atoms in total. The third kappa shape index (κ3) is 8.48. The van der Waals surface area contributed by atoms with Crippen LogP contribution in [0.25, 0.3) is 21.8 Å². The molecule has 0 fully saturated rings. The Kier molecular flexibility index (Phi) is 12.0. The third-order valence-electron chi connectivity index (χ3n) is 11.2. The Labute approximate surface area is 325 Å². The maximum atomic E-state index is 10.2. The van der Waals surface area contributed by atoms with Gasteiger partial charge < -0.3 is 24.7 Å².